The molecule has 0 spiro atoms. The fourth-order valence-electron chi connectivity index (χ4n) is 1.84. The summed E-state index contributed by atoms with van der Waals surface area (Å²) in [6.45, 7) is 5.06. The van der Waals surface area contributed by atoms with Crippen molar-refractivity contribution in [3.63, 3.8) is 0 Å². The van der Waals surface area contributed by atoms with Crippen molar-refractivity contribution < 1.29 is 9.47 Å². The quantitative estimate of drug-likeness (QED) is 0.803. The van der Waals surface area contributed by atoms with E-state index in [9.17, 15) is 0 Å². The van der Waals surface area contributed by atoms with Crippen molar-refractivity contribution in [2.24, 2.45) is 0 Å². The van der Waals surface area contributed by atoms with Gasteiger partial charge in [-0.05, 0) is 19.3 Å². The van der Waals surface area contributed by atoms with Crippen LogP contribution in [-0.2, 0) is 16.1 Å². The summed E-state index contributed by atoms with van der Waals surface area (Å²) in [6.07, 6.45) is 7.10. The lowest BCUT2D eigenvalue weighted by Crippen LogP contribution is -2.14. The van der Waals surface area contributed by atoms with Crippen LogP contribution in [-0.4, -0.2) is 35.8 Å². The topological polar surface area (TPSA) is 56.3 Å². The largest absolute Gasteiger partial charge is 0.376 e. The number of ether oxygens (including phenoxy) is 2. The summed E-state index contributed by atoms with van der Waals surface area (Å²) >= 11 is 0. The van der Waals surface area contributed by atoms with Gasteiger partial charge in [-0.1, -0.05) is 6.92 Å². The summed E-state index contributed by atoms with van der Waals surface area (Å²) in [5.41, 5.74) is 0.857. The zero-order chi connectivity index (χ0) is 12.6. The van der Waals surface area contributed by atoms with Crippen LogP contribution in [0.2, 0.25) is 0 Å². The number of aromatic nitrogens is 2. The third-order valence-corrected chi connectivity index (χ3v) is 2.84. The van der Waals surface area contributed by atoms with E-state index in [2.05, 4.69) is 22.2 Å². The molecular weight excluding hydrogens is 230 g/mol. The monoisotopic (exact) mass is 251 g/mol. The van der Waals surface area contributed by atoms with Gasteiger partial charge in [0.1, 0.15) is 5.82 Å². The molecule has 1 unspecified atom stereocenters. The van der Waals surface area contributed by atoms with Crippen LogP contribution in [0.1, 0.15) is 31.9 Å². The molecule has 1 fully saturated rings. The molecule has 2 heterocycles. The maximum absolute atomic E-state index is 5.58. The molecule has 0 bridgehead atoms. The minimum absolute atomic E-state index is 0.267. The van der Waals surface area contributed by atoms with Gasteiger partial charge in [-0.3, -0.25) is 4.98 Å². The van der Waals surface area contributed by atoms with E-state index < -0.39 is 0 Å². The summed E-state index contributed by atoms with van der Waals surface area (Å²) in [6, 6.07) is 0. The Balaban J connectivity index is 1.68. The van der Waals surface area contributed by atoms with E-state index in [1.165, 1.54) is 0 Å². The molecule has 1 saturated heterocycles. The Morgan fingerprint density at radius 1 is 1.44 bits per heavy atom. The zero-order valence-electron chi connectivity index (χ0n) is 10.9. The van der Waals surface area contributed by atoms with Crippen LogP contribution in [0, 0.1) is 0 Å². The number of rotatable bonds is 7. The number of nitrogens with zero attached hydrogens (tertiary/aromatic N) is 2. The molecule has 0 saturated carbocycles. The van der Waals surface area contributed by atoms with Crippen LogP contribution >= 0.6 is 0 Å². The lowest BCUT2D eigenvalue weighted by Gasteiger charge is -2.09. The van der Waals surface area contributed by atoms with Gasteiger partial charge in [0.05, 0.1) is 37.4 Å². The molecule has 1 N–H and O–H groups in total. The van der Waals surface area contributed by atoms with Gasteiger partial charge >= 0.3 is 0 Å². The molecule has 5 nitrogen and oxygen atoms in total. The second-order valence-electron chi connectivity index (χ2n) is 4.47. The van der Waals surface area contributed by atoms with Gasteiger partial charge in [0.15, 0.2) is 0 Å². The van der Waals surface area contributed by atoms with E-state index in [1.807, 2.05) is 0 Å². The normalized spacial score (nSPS) is 19.1. The first-order chi connectivity index (χ1) is 8.88. The predicted molar refractivity (Wildman–Crippen MR) is 69.4 cm³/mol. The highest BCUT2D eigenvalue weighted by molar-refractivity contribution is 5.30. The maximum Gasteiger partial charge on any atom is 0.144 e. The average molecular weight is 251 g/mol. The minimum Gasteiger partial charge on any atom is -0.376 e. The van der Waals surface area contributed by atoms with Crippen molar-refractivity contribution in [2.45, 2.75) is 38.9 Å². The number of nitrogens with one attached hydrogen (secondary N) is 1. The fourth-order valence-corrected chi connectivity index (χ4v) is 1.84. The number of hydrogen-bond donors (Lipinski definition) is 1. The van der Waals surface area contributed by atoms with Gasteiger partial charge in [-0.2, -0.15) is 0 Å². The summed E-state index contributed by atoms with van der Waals surface area (Å²) in [4.78, 5) is 8.59. The van der Waals surface area contributed by atoms with Crippen molar-refractivity contribution in [1.82, 2.24) is 9.97 Å². The standard InChI is InChI=1S/C13H21N3O2/c1-2-5-14-13-8-15-11(7-16-13)9-17-10-12-4-3-6-18-12/h7-8,12H,2-6,9-10H2,1H3,(H,14,16). The molecule has 100 valence electrons. The average Bonchev–Trinajstić information content (AvgIpc) is 2.91. The third-order valence-electron chi connectivity index (χ3n) is 2.84. The highest BCUT2D eigenvalue weighted by atomic mass is 16.5. The Kier molecular flexibility index (Phi) is 5.36. The van der Waals surface area contributed by atoms with E-state index in [0.717, 1.165) is 43.9 Å². The Morgan fingerprint density at radius 3 is 3.06 bits per heavy atom. The molecule has 0 aliphatic carbocycles. The van der Waals surface area contributed by atoms with Gasteiger partial charge in [-0.25, -0.2) is 4.98 Å². The summed E-state index contributed by atoms with van der Waals surface area (Å²) in [5.74, 6) is 0.819. The van der Waals surface area contributed by atoms with E-state index in [4.69, 9.17) is 9.47 Å². The van der Waals surface area contributed by atoms with Crippen LogP contribution in [0.4, 0.5) is 5.82 Å². The molecule has 1 atom stereocenters. The third kappa shape index (κ3) is 4.23. The Hall–Kier alpha value is -1.20. The number of anilines is 1. The molecular formula is C13H21N3O2. The molecule has 1 aromatic heterocycles. The first-order valence-electron chi connectivity index (χ1n) is 6.62. The van der Waals surface area contributed by atoms with Crippen LogP contribution in [0.25, 0.3) is 0 Å². The Bertz CT molecular complexity index is 337. The second-order valence-corrected chi connectivity index (χ2v) is 4.47. The van der Waals surface area contributed by atoms with Crippen LogP contribution in [0.3, 0.4) is 0 Å². The van der Waals surface area contributed by atoms with Gasteiger partial charge in [0.25, 0.3) is 0 Å². The van der Waals surface area contributed by atoms with Crippen LogP contribution in [0.5, 0.6) is 0 Å². The minimum atomic E-state index is 0.267. The predicted octanol–water partition coefficient (Wildman–Crippen LogP) is 1.99. The summed E-state index contributed by atoms with van der Waals surface area (Å²) in [5, 5.41) is 3.19. The smallest absolute Gasteiger partial charge is 0.144 e. The lowest BCUT2D eigenvalue weighted by atomic mass is 10.2. The number of hydrogen-bond acceptors (Lipinski definition) is 5. The van der Waals surface area contributed by atoms with E-state index in [0.29, 0.717) is 13.2 Å². The molecule has 0 aromatic carbocycles. The summed E-state index contributed by atoms with van der Waals surface area (Å²) in [7, 11) is 0. The van der Waals surface area contributed by atoms with Crippen LogP contribution < -0.4 is 5.32 Å². The first kappa shape index (κ1) is 13.2. The Labute approximate surface area is 108 Å². The Morgan fingerprint density at radius 2 is 2.39 bits per heavy atom. The van der Waals surface area contributed by atoms with Crippen molar-refractivity contribution in [3.8, 4) is 0 Å². The highest BCUT2D eigenvalue weighted by Crippen LogP contribution is 2.12. The zero-order valence-corrected chi connectivity index (χ0v) is 10.9. The maximum atomic E-state index is 5.58. The summed E-state index contributed by atoms with van der Waals surface area (Å²) < 4.78 is 11.1. The SMILES string of the molecule is CCCNc1cnc(COCC2CCCO2)cn1. The molecule has 0 amide bonds. The van der Waals surface area contributed by atoms with Crippen LogP contribution in [0.15, 0.2) is 12.4 Å². The van der Waals surface area contributed by atoms with E-state index in [1.54, 1.807) is 12.4 Å². The van der Waals surface area contributed by atoms with Crippen molar-refractivity contribution >= 4 is 5.82 Å². The molecule has 1 aliphatic heterocycles. The molecule has 1 aliphatic rings. The first-order valence-corrected chi connectivity index (χ1v) is 6.62. The highest BCUT2D eigenvalue weighted by Gasteiger charge is 2.15. The van der Waals surface area contributed by atoms with Gasteiger partial charge in [-0.15, -0.1) is 0 Å². The van der Waals surface area contributed by atoms with Crippen molar-refractivity contribution in [2.75, 3.05) is 25.1 Å². The van der Waals surface area contributed by atoms with Crippen molar-refractivity contribution in [3.05, 3.63) is 18.1 Å². The molecule has 2 rings (SSSR count). The second kappa shape index (κ2) is 7.28. The van der Waals surface area contributed by atoms with Gasteiger partial charge in [0, 0.05) is 13.2 Å². The molecule has 18 heavy (non-hydrogen) atoms. The van der Waals surface area contributed by atoms with Gasteiger partial charge in [0.2, 0.25) is 0 Å². The van der Waals surface area contributed by atoms with Gasteiger partial charge < -0.3 is 14.8 Å². The van der Waals surface area contributed by atoms with E-state index >= 15 is 0 Å². The van der Waals surface area contributed by atoms with Crippen molar-refractivity contribution in [1.29, 1.82) is 0 Å². The molecule has 1 aromatic rings. The molecule has 5 heteroatoms. The fraction of sp³-hybridized carbons (Fsp3) is 0.692. The lowest BCUT2D eigenvalue weighted by molar-refractivity contribution is 0.00958. The van der Waals surface area contributed by atoms with E-state index in [-0.39, 0.29) is 6.10 Å². The molecule has 0 radical (unpaired) electrons.